The Balaban J connectivity index is 2.22. The van der Waals surface area contributed by atoms with Gasteiger partial charge < -0.3 is 20.9 Å². The fraction of sp³-hybridized carbons (Fsp3) is 0.286. The zero-order chi connectivity index (χ0) is 15.6. The number of anilines is 1. The molecule has 1 aromatic carbocycles. The molecule has 0 aliphatic heterocycles. The van der Waals surface area contributed by atoms with Gasteiger partial charge in [0.15, 0.2) is 0 Å². The predicted molar refractivity (Wildman–Crippen MR) is 78.8 cm³/mol. The number of carbonyl (C=O) groups is 2. The third-order valence-electron chi connectivity index (χ3n) is 3.23. The van der Waals surface area contributed by atoms with E-state index in [0.29, 0.717) is 12.1 Å². The molecule has 1 aromatic rings. The second-order valence-corrected chi connectivity index (χ2v) is 5.12. The number of rotatable bonds is 4. The molecule has 0 fully saturated rings. The van der Waals surface area contributed by atoms with Crippen LogP contribution in [0.25, 0.3) is 0 Å². The van der Waals surface area contributed by atoms with Crippen LogP contribution in [0.1, 0.15) is 16.8 Å². The van der Waals surface area contributed by atoms with Gasteiger partial charge >= 0.3 is 5.97 Å². The SMILES string of the molecule is COc1cc(NC(=O)C2C=CC(N)C2)c(Cl)cc1C(=O)O. The molecule has 1 aliphatic carbocycles. The van der Waals surface area contributed by atoms with Gasteiger partial charge in [0, 0.05) is 12.1 Å². The van der Waals surface area contributed by atoms with Crippen molar-refractivity contribution >= 4 is 29.2 Å². The van der Waals surface area contributed by atoms with Crippen molar-refractivity contribution in [3.05, 3.63) is 34.9 Å². The largest absolute Gasteiger partial charge is 0.496 e. The molecule has 2 rings (SSSR count). The van der Waals surface area contributed by atoms with Crippen molar-refractivity contribution in [1.29, 1.82) is 0 Å². The highest BCUT2D eigenvalue weighted by Crippen LogP contribution is 2.31. The Bertz CT molecular complexity index is 615. The average Bonchev–Trinajstić information content (AvgIpc) is 2.87. The van der Waals surface area contributed by atoms with Crippen molar-refractivity contribution < 1.29 is 19.4 Å². The number of carboxylic acid groups (broad SMARTS) is 1. The molecular weight excluding hydrogens is 296 g/mol. The monoisotopic (exact) mass is 310 g/mol. The molecule has 2 atom stereocenters. The summed E-state index contributed by atoms with van der Waals surface area (Å²) in [5.74, 6) is -1.59. The maximum atomic E-state index is 12.1. The van der Waals surface area contributed by atoms with E-state index in [4.69, 9.17) is 27.2 Å². The van der Waals surface area contributed by atoms with Gasteiger partial charge in [-0.25, -0.2) is 4.79 Å². The van der Waals surface area contributed by atoms with Gasteiger partial charge in [-0.1, -0.05) is 23.8 Å². The summed E-state index contributed by atoms with van der Waals surface area (Å²) < 4.78 is 5.00. The Kier molecular flexibility index (Phi) is 4.50. The molecule has 6 nitrogen and oxygen atoms in total. The number of halogens is 1. The van der Waals surface area contributed by atoms with E-state index < -0.39 is 5.97 Å². The molecular formula is C14H15ClN2O4. The van der Waals surface area contributed by atoms with E-state index >= 15 is 0 Å². The molecule has 21 heavy (non-hydrogen) atoms. The lowest BCUT2D eigenvalue weighted by molar-refractivity contribution is -0.118. The smallest absolute Gasteiger partial charge is 0.339 e. The quantitative estimate of drug-likeness (QED) is 0.737. The van der Waals surface area contributed by atoms with Crippen LogP contribution < -0.4 is 15.8 Å². The second kappa shape index (κ2) is 6.15. The van der Waals surface area contributed by atoms with Crippen LogP contribution in [0, 0.1) is 5.92 Å². The highest BCUT2D eigenvalue weighted by molar-refractivity contribution is 6.34. The maximum Gasteiger partial charge on any atom is 0.339 e. The highest BCUT2D eigenvalue weighted by atomic mass is 35.5. The molecule has 112 valence electrons. The number of carboxylic acids is 1. The number of hydrogen-bond acceptors (Lipinski definition) is 4. The molecule has 0 radical (unpaired) electrons. The number of methoxy groups -OCH3 is 1. The van der Waals surface area contributed by atoms with Crippen LogP contribution in [-0.4, -0.2) is 30.1 Å². The van der Waals surface area contributed by atoms with E-state index in [2.05, 4.69) is 5.32 Å². The molecule has 0 heterocycles. The molecule has 1 aliphatic rings. The fourth-order valence-electron chi connectivity index (χ4n) is 2.13. The number of nitrogens with two attached hydrogens (primary N) is 1. The molecule has 7 heteroatoms. The molecule has 1 amide bonds. The summed E-state index contributed by atoms with van der Waals surface area (Å²) >= 11 is 6.01. The summed E-state index contributed by atoms with van der Waals surface area (Å²) in [7, 11) is 1.35. The molecule has 4 N–H and O–H groups in total. The van der Waals surface area contributed by atoms with Crippen molar-refractivity contribution in [2.24, 2.45) is 11.7 Å². The first-order valence-electron chi connectivity index (χ1n) is 6.28. The average molecular weight is 311 g/mol. The van der Waals surface area contributed by atoms with Crippen LogP contribution in [0.5, 0.6) is 5.75 Å². The van der Waals surface area contributed by atoms with Gasteiger partial charge in [0.05, 0.1) is 23.7 Å². The maximum absolute atomic E-state index is 12.1. The van der Waals surface area contributed by atoms with Crippen LogP contribution in [0.4, 0.5) is 5.69 Å². The van der Waals surface area contributed by atoms with Gasteiger partial charge in [0.25, 0.3) is 0 Å². The molecule has 0 aromatic heterocycles. The minimum Gasteiger partial charge on any atom is -0.496 e. The van der Waals surface area contributed by atoms with Crippen LogP contribution in [0.15, 0.2) is 24.3 Å². The van der Waals surface area contributed by atoms with Crippen LogP contribution >= 0.6 is 11.6 Å². The summed E-state index contributed by atoms with van der Waals surface area (Å²) in [5.41, 5.74) is 5.94. The number of benzene rings is 1. The molecule has 2 unspecified atom stereocenters. The number of carbonyl (C=O) groups excluding carboxylic acids is 1. The number of hydrogen-bond donors (Lipinski definition) is 3. The lowest BCUT2D eigenvalue weighted by Gasteiger charge is -2.14. The summed E-state index contributed by atoms with van der Waals surface area (Å²) in [6.07, 6.45) is 4.06. The number of aromatic carboxylic acids is 1. The number of ether oxygens (including phenoxy) is 1. The first-order chi connectivity index (χ1) is 9.92. The zero-order valence-corrected chi connectivity index (χ0v) is 12.1. The Morgan fingerprint density at radius 2 is 2.14 bits per heavy atom. The first kappa shape index (κ1) is 15.3. The van der Waals surface area contributed by atoms with Gasteiger partial charge in [-0.15, -0.1) is 0 Å². The Morgan fingerprint density at radius 3 is 2.67 bits per heavy atom. The topological polar surface area (TPSA) is 102 Å². The third-order valence-corrected chi connectivity index (χ3v) is 3.54. The Hall–Kier alpha value is -2.05. The van der Waals surface area contributed by atoms with Crippen molar-refractivity contribution in [2.45, 2.75) is 12.5 Å². The lowest BCUT2D eigenvalue weighted by atomic mass is 10.1. The van der Waals surface area contributed by atoms with Gasteiger partial charge in [0.1, 0.15) is 11.3 Å². The van der Waals surface area contributed by atoms with E-state index in [1.165, 1.54) is 19.2 Å². The standard InChI is InChI=1S/C14H15ClN2O4/c1-21-12-6-11(10(15)5-9(12)14(19)20)17-13(18)7-2-3-8(16)4-7/h2-3,5-8H,4,16H2,1H3,(H,17,18)(H,19,20). The zero-order valence-electron chi connectivity index (χ0n) is 11.3. The van der Waals surface area contributed by atoms with E-state index in [9.17, 15) is 9.59 Å². The van der Waals surface area contributed by atoms with Crippen molar-refractivity contribution in [3.8, 4) is 5.75 Å². The molecule has 0 spiro atoms. The van der Waals surface area contributed by atoms with E-state index in [1.807, 2.05) is 0 Å². The third kappa shape index (κ3) is 3.34. The van der Waals surface area contributed by atoms with Gasteiger partial charge in [-0.2, -0.15) is 0 Å². The van der Waals surface area contributed by atoms with E-state index in [1.54, 1.807) is 12.2 Å². The molecule has 0 saturated heterocycles. The van der Waals surface area contributed by atoms with Crippen LogP contribution in [0.2, 0.25) is 5.02 Å². The van der Waals surface area contributed by atoms with Crippen LogP contribution in [-0.2, 0) is 4.79 Å². The van der Waals surface area contributed by atoms with Crippen molar-refractivity contribution in [1.82, 2.24) is 0 Å². The van der Waals surface area contributed by atoms with Crippen LogP contribution in [0.3, 0.4) is 0 Å². The summed E-state index contributed by atoms with van der Waals surface area (Å²) in [4.78, 5) is 23.2. The minimum absolute atomic E-state index is 0.0664. The molecule has 0 saturated carbocycles. The normalized spacial score (nSPS) is 20.3. The summed E-state index contributed by atoms with van der Waals surface area (Å²) in [6.45, 7) is 0. The Morgan fingerprint density at radius 1 is 1.43 bits per heavy atom. The fourth-order valence-corrected chi connectivity index (χ4v) is 2.34. The van der Waals surface area contributed by atoms with E-state index in [0.717, 1.165) is 0 Å². The molecule has 0 bridgehead atoms. The minimum atomic E-state index is -1.16. The highest BCUT2D eigenvalue weighted by Gasteiger charge is 2.24. The van der Waals surface area contributed by atoms with Crippen molar-refractivity contribution in [2.75, 3.05) is 12.4 Å². The number of nitrogens with one attached hydrogen (secondary N) is 1. The van der Waals surface area contributed by atoms with Gasteiger partial charge in [-0.05, 0) is 12.5 Å². The summed E-state index contributed by atoms with van der Waals surface area (Å²) in [5, 5.41) is 11.8. The van der Waals surface area contributed by atoms with E-state index in [-0.39, 0.29) is 34.2 Å². The Labute approximate surface area is 126 Å². The second-order valence-electron chi connectivity index (χ2n) is 4.72. The lowest BCUT2D eigenvalue weighted by Crippen LogP contribution is -2.24. The van der Waals surface area contributed by atoms with Crippen molar-refractivity contribution in [3.63, 3.8) is 0 Å². The summed E-state index contributed by atoms with van der Waals surface area (Å²) in [6, 6.07) is 2.51. The van der Waals surface area contributed by atoms with Gasteiger partial charge in [0.2, 0.25) is 5.91 Å². The van der Waals surface area contributed by atoms with Gasteiger partial charge in [-0.3, -0.25) is 4.79 Å². The predicted octanol–water partition coefficient (Wildman–Crippen LogP) is 1.89. The number of amides is 1. The first-order valence-corrected chi connectivity index (χ1v) is 6.65.